The van der Waals surface area contributed by atoms with Gasteiger partial charge in [-0.05, 0) is 30.7 Å². The molecule has 1 rings (SSSR count). The summed E-state index contributed by atoms with van der Waals surface area (Å²) in [6.07, 6.45) is 0.700. The monoisotopic (exact) mass is 272 g/mol. The smallest absolute Gasteiger partial charge is 0.240 e. The van der Waals surface area contributed by atoms with Gasteiger partial charge in [-0.2, -0.15) is 0 Å². The zero-order valence-corrected chi connectivity index (χ0v) is 10.7. The van der Waals surface area contributed by atoms with Crippen LogP contribution in [0, 0.1) is 0 Å². The fourth-order valence-corrected chi connectivity index (χ4v) is 2.31. The van der Waals surface area contributed by atoms with Crippen LogP contribution in [0.4, 0.5) is 0 Å². The van der Waals surface area contributed by atoms with Crippen molar-refractivity contribution in [1.29, 1.82) is 0 Å². The van der Waals surface area contributed by atoms with Gasteiger partial charge >= 0.3 is 0 Å². The summed E-state index contributed by atoms with van der Waals surface area (Å²) in [6.45, 7) is 1.66. The molecular formula is C11H14NO5S-. The van der Waals surface area contributed by atoms with Crippen molar-refractivity contribution >= 4 is 16.0 Å². The third kappa shape index (κ3) is 4.34. The number of carboxylic acids is 1. The van der Waals surface area contributed by atoms with Gasteiger partial charge in [-0.15, -0.1) is 0 Å². The highest BCUT2D eigenvalue weighted by molar-refractivity contribution is 7.89. The normalized spacial score (nSPS) is 11.2. The third-order valence-corrected chi connectivity index (χ3v) is 3.51. The molecule has 6 nitrogen and oxygen atoms in total. The average molecular weight is 272 g/mol. The van der Waals surface area contributed by atoms with Crippen LogP contribution in [0.3, 0.4) is 0 Å². The van der Waals surface area contributed by atoms with Crippen molar-refractivity contribution in [3.63, 3.8) is 0 Å². The molecule has 0 saturated heterocycles. The first-order valence-corrected chi connectivity index (χ1v) is 6.86. The SMILES string of the molecule is CCCNS(=O)(=O)c1ccc(OCC(=O)[O-])cc1. The first-order valence-electron chi connectivity index (χ1n) is 5.38. The van der Waals surface area contributed by atoms with Gasteiger partial charge in [0, 0.05) is 6.54 Å². The molecule has 0 fully saturated rings. The number of ether oxygens (including phenoxy) is 1. The molecule has 0 aliphatic heterocycles. The van der Waals surface area contributed by atoms with Gasteiger partial charge in [-0.25, -0.2) is 13.1 Å². The molecule has 0 saturated carbocycles. The highest BCUT2D eigenvalue weighted by Gasteiger charge is 2.12. The van der Waals surface area contributed by atoms with Crippen molar-refractivity contribution in [2.75, 3.05) is 13.2 Å². The van der Waals surface area contributed by atoms with Crippen molar-refractivity contribution in [1.82, 2.24) is 4.72 Å². The molecule has 0 heterocycles. The zero-order valence-electron chi connectivity index (χ0n) is 9.88. The summed E-state index contributed by atoms with van der Waals surface area (Å²) in [5.41, 5.74) is 0. The van der Waals surface area contributed by atoms with Crippen LogP contribution in [-0.4, -0.2) is 27.5 Å². The van der Waals surface area contributed by atoms with E-state index in [9.17, 15) is 18.3 Å². The molecule has 0 unspecified atom stereocenters. The molecule has 7 heteroatoms. The molecular weight excluding hydrogens is 258 g/mol. The number of carboxylic acid groups (broad SMARTS) is 1. The maximum absolute atomic E-state index is 11.7. The summed E-state index contributed by atoms with van der Waals surface area (Å²) in [5.74, 6) is -1.06. The molecule has 100 valence electrons. The summed E-state index contributed by atoms with van der Waals surface area (Å²) < 4.78 is 30.7. The Hall–Kier alpha value is -1.60. The fraction of sp³-hybridized carbons (Fsp3) is 0.364. The van der Waals surface area contributed by atoms with E-state index in [0.717, 1.165) is 0 Å². The minimum Gasteiger partial charge on any atom is -0.546 e. The van der Waals surface area contributed by atoms with Crippen LogP contribution in [-0.2, 0) is 14.8 Å². The molecule has 0 amide bonds. The Labute approximate surface area is 106 Å². The number of rotatable bonds is 7. The number of nitrogens with one attached hydrogen (secondary N) is 1. The number of hydrogen-bond acceptors (Lipinski definition) is 5. The molecule has 0 aliphatic rings. The van der Waals surface area contributed by atoms with Gasteiger partial charge in [0.05, 0.1) is 10.9 Å². The van der Waals surface area contributed by atoms with Crippen molar-refractivity contribution in [3.05, 3.63) is 24.3 Å². The van der Waals surface area contributed by atoms with Gasteiger partial charge in [0.25, 0.3) is 0 Å². The lowest BCUT2D eigenvalue weighted by Crippen LogP contribution is -2.29. The topological polar surface area (TPSA) is 95.5 Å². The van der Waals surface area contributed by atoms with Crippen LogP contribution in [0.5, 0.6) is 5.75 Å². The van der Waals surface area contributed by atoms with Crippen molar-refractivity contribution in [2.24, 2.45) is 0 Å². The average Bonchev–Trinajstić information content (AvgIpc) is 2.34. The Morgan fingerprint density at radius 1 is 1.33 bits per heavy atom. The predicted molar refractivity (Wildman–Crippen MR) is 62.4 cm³/mol. The molecule has 0 atom stereocenters. The molecule has 0 spiro atoms. The second-order valence-corrected chi connectivity index (χ2v) is 5.30. The zero-order chi connectivity index (χ0) is 13.6. The standard InChI is InChI=1S/C11H15NO5S/c1-2-7-12-18(15,16)10-5-3-9(4-6-10)17-8-11(13)14/h3-6,12H,2,7-8H2,1H3,(H,13,14)/p-1. The Bertz CT molecular complexity index is 495. The summed E-state index contributed by atoms with van der Waals surface area (Å²) in [4.78, 5) is 10.3. The molecule has 0 radical (unpaired) electrons. The second kappa shape index (κ2) is 6.36. The molecule has 1 N–H and O–H groups in total. The van der Waals surface area contributed by atoms with Crippen molar-refractivity contribution < 1.29 is 23.1 Å². The van der Waals surface area contributed by atoms with Crippen LogP contribution in [0.15, 0.2) is 29.2 Å². The van der Waals surface area contributed by atoms with E-state index in [1.165, 1.54) is 24.3 Å². The lowest BCUT2D eigenvalue weighted by Gasteiger charge is -2.08. The van der Waals surface area contributed by atoms with Crippen molar-refractivity contribution in [3.8, 4) is 5.75 Å². The quantitative estimate of drug-likeness (QED) is 0.722. The second-order valence-electron chi connectivity index (χ2n) is 3.53. The molecule has 1 aromatic rings. The largest absolute Gasteiger partial charge is 0.546 e. The molecule has 0 bridgehead atoms. The predicted octanol–water partition coefficient (Wildman–Crippen LogP) is -0.496. The van der Waals surface area contributed by atoms with E-state index < -0.39 is 22.6 Å². The Balaban J connectivity index is 2.73. The Morgan fingerprint density at radius 3 is 2.44 bits per heavy atom. The number of carbonyl (C=O) groups excluding carboxylic acids is 1. The van der Waals surface area contributed by atoms with Gasteiger partial charge in [0.15, 0.2) is 0 Å². The van der Waals surface area contributed by atoms with E-state index in [-0.39, 0.29) is 10.6 Å². The van der Waals surface area contributed by atoms with E-state index >= 15 is 0 Å². The molecule has 0 aromatic heterocycles. The van der Waals surface area contributed by atoms with E-state index in [1.807, 2.05) is 6.92 Å². The van der Waals surface area contributed by atoms with E-state index in [0.29, 0.717) is 13.0 Å². The molecule has 1 aromatic carbocycles. The van der Waals surface area contributed by atoms with Crippen LogP contribution in [0.25, 0.3) is 0 Å². The number of sulfonamides is 1. The maximum Gasteiger partial charge on any atom is 0.240 e. The molecule has 0 aliphatic carbocycles. The van der Waals surface area contributed by atoms with Gasteiger partial charge < -0.3 is 14.6 Å². The lowest BCUT2D eigenvalue weighted by molar-refractivity contribution is -0.307. The minimum absolute atomic E-state index is 0.108. The van der Waals surface area contributed by atoms with Gasteiger partial charge in [0.2, 0.25) is 10.0 Å². The third-order valence-electron chi connectivity index (χ3n) is 2.03. The van der Waals surface area contributed by atoms with Crippen LogP contribution < -0.4 is 14.6 Å². The highest BCUT2D eigenvalue weighted by atomic mass is 32.2. The van der Waals surface area contributed by atoms with Crippen molar-refractivity contribution in [2.45, 2.75) is 18.2 Å². The number of carbonyl (C=O) groups is 1. The van der Waals surface area contributed by atoms with E-state index in [1.54, 1.807) is 0 Å². The minimum atomic E-state index is -3.50. The van der Waals surface area contributed by atoms with Gasteiger partial charge in [-0.3, -0.25) is 0 Å². The van der Waals surface area contributed by atoms with Crippen LogP contribution in [0.2, 0.25) is 0 Å². The highest BCUT2D eigenvalue weighted by Crippen LogP contribution is 2.15. The Kier molecular flexibility index (Phi) is 5.11. The van der Waals surface area contributed by atoms with Gasteiger partial charge in [0.1, 0.15) is 12.4 Å². The first kappa shape index (κ1) is 14.5. The lowest BCUT2D eigenvalue weighted by atomic mass is 10.3. The first-order chi connectivity index (χ1) is 8.45. The number of aliphatic carboxylic acids is 1. The van der Waals surface area contributed by atoms with Crippen LogP contribution >= 0.6 is 0 Å². The van der Waals surface area contributed by atoms with Gasteiger partial charge in [-0.1, -0.05) is 6.92 Å². The van der Waals surface area contributed by atoms with E-state index in [2.05, 4.69) is 4.72 Å². The summed E-state index contributed by atoms with van der Waals surface area (Å²) in [7, 11) is -3.50. The van der Waals surface area contributed by atoms with Crippen LogP contribution in [0.1, 0.15) is 13.3 Å². The Morgan fingerprint density at radius 2 is 1.94 bits per heavy atom. The summed E-state index contributed by atoms with van der Waals surface area (Å²) >= 11 is 0. The number of benzene rings is 1. The number of hydrogen-bond donors (Lipinski definition) is 1. The fourth-order valence-electron chi connectivity index (χ4n) is 1.18. The summed E-state index contributed by atoms with van der Waals surface area (Å²) in [5, 5.41) is 10.2. The molecule has 18 heavy (non-hydrogen) atoms. The maximum atomic E-state index is 11.7. The summed E-state index contributed by atoms with van der Waals surface area (Å²) in [6, 6.07) is 5.48. The van der Waals surface area contributed by atoms with E-state index in [4.69, 9.17) is 4.74 Å².